The summed E-state index contributed by atoms with van der Waals surface area (Å²) in [6.07, 6.45) is -13.7. The third kappa shape index (κ3) is 21.0. The molecular formula is C65H78N9O27PS2. The van der Waals surface area contributed by atoms with Crippen LogP contribution in [0, 0.1) is 0 Å². The molecule has 1 unspecified atom stereocenters. The average Bonchev–Trinajstić information content (AvgIpc) is 0.803. The molecule has 0 radical (unpaired) electrons. The second kappa shape index (κ2) is 37.0. The lowest BCUT2D eigenvalue weighted by atomic mass is 9.88. The Hall–Kier alpha value is -8.38. The Morgan fingerprint density at radius 2 is 1.59 bits per heavy atom. The van der Waals surface area contributed by atoms with Crippen LogP contribution in [-0.2, 0) is 66.1 Å². The maximum atomic E-state index is 14.4. The number of aliphatic hydroxyl groups is 6. The number of carboxylic acid groups (broad SMARTS) is 1. The van der Waals surface area contributed by atoms with Crippen LogP contribution < -0.4 is 27.5 Å². The maximum absolute atomic E-state index is 14.4. The number of aromatic nitrogens is 3. The molecule has 5 amide bonds. The molecule has 36 nitrogen and oxygen atoms in total. The number of phosphoric acid groups is 1. The summed E-state index contributed by atoms with van der Waals surface area (Å²) in [5.74, 6) is -8.93. The Morgan fingerprint density at radius 3 is 2.32 bits per heavy atom. The number of nitrogen functional groups attached to an aromatic ring is 1. The number of nitrogens with two attached hydrogens (primary N) is 1. The van der Waals surface area contributed by atoms with Gasteiger partial charge in [-0.15, -0.1) is 0 Å². The van der Waals surface area contributed by atoms with Gasteiger partial charge in [0.1, 0.15) is 83.6 Å². The molecule has 6 heterocycles. The molecular weight excluding hydrogens is 1430 g/mol. The molecule has 9 rings (SSSR count). The van der Waals surface area contributed by atoms with Gasteiger partial charge in [-0.05, 0) is 71.3 Å². The fraction of sp³-hybridized carbons (Fsp3) is 0.462. The van der Waals surface area contributed by atoms with Gasteiger partial charge in [0.2, 0.25) is 23.6 Å². The number of pyridine rings is 1. The lowest BCUT2D eigenvalue weighted by molar-refractivity contribution is -0.289. The standard InChI is InChI=1S/C65H78N9O27PS2/c66-49-14-17-74(64(91)69-49)62-59(87)58(86)48(99-62)34-97-102(92,93)101-65(63(89)90)30-44(79)56(60(100-65)57(85)45(80)33-75)70-50(81)31-68-51(82)32-73(22-24-95-26-25-94-23-5-6-37(76)15-27-103-104-52-9-3-4-16-67-52)54(84)36-96-35-53(83)71-18-20-72(21-19-71)61(88)41-8-2-1-7-40(41)55-42-12-10-38(77)28-46(42)98-47-29-39(78)11-13-43(47)55/h1-4,7-14,16-17,28-29,44-45,48,56-60,62,75,77,79-80,85-87H,5-6,15,18-27,30-36H2,(H,68,82)(H,70,81)(H,89,90)(H,92,93)(H2,66,69,91)/t44-,45+,48+,56+,57+,58+,59+,60+,62+,65+/m0/s1. The molecule has 4 aromatic rings. The van der Waals surface area contributed by atoms with Crippen LogP contribution in [0.3, 0.4) is 0 Å². The highest BCUT2D eigenvalue weighted by Gasteiger charge is 2.59. The number of carboxylic acids is 1. The number of benzene rings is 3. The van der Waals surface area contributed by atoms with Crippen LogP contribution in [0.1, 0.15) is 42.3 Å². The summed E-state index contributed by atoms with van der Waals surface area (Å²) >= 11 is 0. The van der Waals surface area contributed by atoms with Crippen molar-refractivity contribution in [1.29, 1.82) is 0 Å². The molecule has 5 aliphatic rings. The number of piperazine rings is 1. The number of Topliss-reactive ketones (excluding diaryl/α,β-unsaturated/α-hetero) is 1. The highest BCUT2D eigenvalue weighted by Crippen LogP contribution is 2.52. The predicted octanol–water partition coefficient (Wildman–Crippen LogP) is -1.15. The van der Waals surface area contributed by atoms with Crippen molar-refractivity contribution in [3.05, 3.63) is 124 Å². The number of carbonyl (C=O) groups excluding carboxylic acids is 6. The first-order valence-electron chi connectivity index (χ1n) is 32.5. The molecule has 2 aromatic carbocycles. The van der Waals surface area contributed by atoms with E-state index in [1.807, 2.05) is 18.2 Å². The number of ether oxygens (including phenoxy) is 5. The van der Waals surface area contributed by atoms with Crippen LogP contribution in [0.4, 0.5) is 5.82 Å². The van der Waals surface area contributed by atoms with Gasteiger partial charge in [0.25, 0.3) is 11.7 Å². The van der Waals surface area contributed by atoms with Crippen LogP contribution in [-0.4, -0.2) is 275 Å². The molecule has 104 heavy (non-hydrogen) atoms. The average molecular weight is 1510 g/mol. The molecule has 2 aromatic heterocycles. The minimum atomic E-state index is -5.78. The zero-order chi connectivity index (χ0) is 74.8. The summed E-state index contributed by atoms with van der Waals surface area (Å²) in [5, 5.41) is 90.6. The van der Waals surface area contributed by atoms with Crippen LogP contribution in [0.15, 0.2) is 116 Å². The van der Waals surface area contributed by atoms with Crippen molar-refractivity contribution in [1.82, 2.24) is 39.9 Å². The van der Waals surface area contributed by atoms with Crippen molar-refractivity contribution in [3.63, 3.8) is 0 Å². The van der Waals surface area contributed by atoms with Crippen LogP contribution in [0.5, 0.6) is 5.75 Å². The highest BCUT2D eigenvalue weighted by molar-refractivity contribution is 8.76. The van der Waals surface area contributed by atoms with E-state index in [1.165, 1.54) is 56.8 Å². The topological polar surface area (TPSA) is 521 Å². The molecule has 0 bridgehead atoms. The zero-order valence-electron chi connectivity index (χ0n) is 55.5. The number of amides is 5. The Kier molecular flexibility index (Phi) is 28.4. The highest BCUT2D eigenvalue weighted by atomic mass is 33.1. The predicted molar refractivity (Wildman–Crippen MR) is 365 cm³/mol. The quantitative estimate of drug-likeness (QED) is 0.00956. The Labute approximate surface area is 599 Å². The summed E-state index contributed by atoms with van der Waals surface area (Å²) in [6.45, 7) is -5.17. The van der Waals surface area contributed by atoms with Crippen molar-refractivity contribution < 1.29 is 121 Å². The molecule has 1 aliphatic carbocycles. The maximum Gasteiger partial charge on any atom is 0.475 e. The van der Waals surface area contributed by atoms with Crippen LogP contribution in [0.2, 0.25) is 0 Å². The monoisotopic (exact) mass is 1510 g/mol. The summed E-state index contributed by atoms with van der Waals surface area (Å²) in [6, 6.07) is 20.5. The minimum absolute atomic E-state index is 0.0199. The Balaban J connectivity index is 0.778. The first-order chi connectivity index (χ1) is 49.7. The van der Waals surface area contributed by atoms with Gasteiger partial charge in [0, 0.05) is 111 Å². The van der Waals surface area contributed by atoms with Crippen LogP contribution in [0.25, 0.3) is 33.4 Å². The number of aliphatic carboxylic acids is 1. The van der Waals surface area contributed by atoms with E-state index in [4.69, 9.17) is 42.9 Å². The molecule has 562 valence electrons. The summed E-state index contributed by atoms with van der Waals surface area (Å²) in [4.78, 5) is 142. The summed E-state index contributed by atoms with van der Waals surface area (Å²) in [7, 11) is -2.78. The van der Waals surface area contributed by atoms with E-state index in [9.17, 15) is 93.5 Å². The van der Waals surface area contributed by atoms with Crippen molar-refractivity contribution in [3.8, 4) is 28.2 Å². The van der Waals surface area contributed by atoms with Crippen molar-refractivity contribution in [2.24, 2.45) is 0 Å². The number of carbonyl (C=O) groups is 7. The smallest absolute Gasteiger partial charge is 0.475 e. The number of hydrogen-bond acceptors (Lipinski definition) is 30. The number of phenols is 1. The molecule has 0 spiro atoms. The molecule has 11 atom stereocenters. The van der Waals surface area contributed by atoms with E-state index in [0.717, 1.165) is 20.7 Å². The van der Waals surface area contributed by atoms with Gasteiger partial charge >= 0.3 is 19.5 Å². The van der Waals surface area contributed by atoms with Gasteiger partial charge in [-0.25, -0.2) is 23.7 Å². The van der Waals surface area contributed by atoms with E-state index in [1.54, 1.807) is 47.5 Å². The number of nitrogens with zero attached hydrogens (tertiary/aromatic N) is 6. The molecule has 3 fully saturated rings. The number of fused-ring (bicyclic) bond motifs is 2. The van der Waals surface area contributed by atoms with Gasteiger partial charge in [-0.1, -0.05) is 35.1 Å². The number of aromatic hydroxyl groups is 1. The zero-order valence-corrected chi connectivity index (χ0v) is 58.0. The Bertz CT molecular complexity index is 4140. The van der Waals surface area contributed by atoms with Crippen molar-refractivity contribution >= 4 is 87.5 Å². The number of hydrogen-bond donors (Lipinski definition) is 12. The fourth-order valence-corrected chi connectivity index (χ4v) is 14.3. The van der Waals surface area contributed by atoms with Gasteiger partial charge in [0.05, 0.1) is 58.3 Å². The largest absolute Gasteiger partial charge is 0.508 e. The number of nitrogens with one attached hydrogen (secondary N) is 2. The molecule has 39 heteroatoms. The lowest BCUT2D eigenvalue weighted by Gasteiger charge is -2.46. The van der Waals surface area contributed by atoms with Gasteiger partial charge in [0.15, 0.2) is 11.7 Å². The molecule has 0 saturated carbocycles. The first kappa shape index (κ1) is 79.7. The summed E-state index contributed by atoms with van der Waals surface area (Å²) < 4.78 is 57.9. The summed E-state index contributed by atoms with van der Waals surface area (Å²) in [5.41, 5.74) is 6.45. The first-order valence-corrected chi connectivity index (χ1v) is 36.3. The molecule has 4 aliphatic heterocycles. The number of phosphoric ester groups is 1. The molecule has 3 saturated heterocycles. The number of phenolic OH excluding ortho intramolecular Hbond substituents is 1. The Morgan fingerprint density at radius 1 is 0.846 bits per heavy atom. The third-order valence-electron chi connectivity index (χ3n) is 16.7. The second-order valence-corrected chi connectivity index (χ2v) is 27.8. The normalized spacial score (nSPS) is 21.6. The number of ketones is 1. The van der Waals surface area contributed by atoms with E-state index in [-0.39, 0.29) is 99.2 Å². The third-order valence-corrected chi connectivity index (χ3v) is 20.0. The second-order valence-electron chi connectivity index (χ2n) is 24.0. The number of rotatable bonds is 36. The minimum Gasteiger partial charge on any atom is -0.508 e. The van der Waals surface area contributed by atoms with Gasteiger partial charge in [-0.3, -0.25) is 42.7 Å². The van der Waals surface area contributed by atoms with Crippen molar-refractivity contribution in [2.45, 2.75) is 91.5 Å². The fourth-order valence-electron chi connectivity index (χ4n) is 11.4. The van der Waals surface area contributed by atoms with E-state index < -0.39 is 150 Å². The van der Waals surface area contributed by atoms with E-state index in [2.05, 4.69) is 20.6 Å². The van der Waals surface area contributed by atoms with E-state index >= 15 is 0 Å². The van der Waals surface area contributed by atoms with E-state index in [0.29, 0.717) is 52.7 Å². The number of aliphatic hydroxyl groups excluding tert-OH is 6. The lowest BCUT2D eigenvalue weighted by Crippen LogP contribution is -2.68. The number of anilines is 1. The molecule has 13 N–H and O–H groups in total. The van der Waals surface area contributed by atoms with Gasteiger partial charge < -0.3 is 105 Å². The van der Waals surface area contributed by atoms with Gasteiger partial charge in [-0.2, -0.15) is 4.98 Å². The van der Waals surface area contributed by atoms with Crippen LogP contribution >= 0.6 is 29.4 Å². The van der Waals surface area contributed by atoms with Crippen molar-refractivity contribution in [2.75, 3.05) is 110 Å². The SMILES string of the molecule is Nc1ccn([C@@H]2O[C@H](COP(=O)(O)O[C@@]3(C(=O)O)C[C@H](O)[C@@H](NC(=O)CNC(=O)CN(CCOCCOCCCC(=O)CCSSc4ccccn4)C(=O)COCC(=O)N4CCN(C(=O)c5ccccc5-c5c6ccc(=O)cc-6oc6cc(O)ccc56)CC4)[C@H]([C@H](O)[C@H](O)CO)O3)[C@@H](O)[C@H]2O)c(=O)n1.